The van der Waals surface area contributed by atoms with E-state index in [1.807, 2.05) is 0 Å². The van der Waals surface area contributed by atoms with Crippen molar-refractivity contribution in [3.63, 3.8) is 0 Å². The summed E-state index contributed by atoms with van der Waals surface area (Å²) in [5.74, 6) is -3.82. The Bertz CT molecular complexity index is 354. The first-order valence-corrected chi connectivity index (χ1v) is 7.22. The van der Waals surface area contributed by atoms with Gasteiger partial charge in [-0.1, -0.05) is 12.8 Å². The zero-order valence-corrected chi connectivity index (χ0v) is 11.0. The molecule has 0 amide bonds. The molecular weight excluding hydrogens is 317 g/mol. The molecule has 1 heterocycles. The molecule has 0 saturated carbocycles. The second kappa shape index (κ2) is 6.21. The van der Waals surface area contributed by atoms with Crippen molar-refractivity contribution in [3.8, 4) is 0 Å². The largest absolute Gasteiger partial charge is 0.472 e. The van der Waals surface area contributed by atoms with Crippen molar-refractivity contribution in [2.45, 2.75) is 44.1 Å². The lowest BCUT2D eigenvalue weighted by atomic mass is 9.96. The van der Waals surface area contributed by atoms with E-state index in [0.29, 0.717) is 0 Å². The lowest BCUT2D eigenvalue weighted by molar-refractivity contribution is -0.304. The standard InChI is InChI=1S/C9H13F6O4P/c10-8(11,12)7(9(13,14)15)6-4-2-1-3-5-18-20(16,17)19-6/h6-7H,1-5H2,(H,16,17). The van der Waals surface area contributed by atoms with Gasteiger partial charge in [-0.2, -0.15) is 26.3 Å². The van der Waals surface area contributed by atoms with Crippen LogP contribution >= 0.6 is 7.82 Å². The minimum Gasteiger partial charge on any atom is -0.302 e. The van der Waals surface area contributed by atoms with Gasteiger partial charge in [0.15, 0.2) is 5.92 Å². The van der Waals surface area contributed by atoms with Crippen LogP contribution in [0.5, 0.6) is 0 Å². The first-order chi connectivity index (χ1) is 8.93. The summed E-state index contributed by atoms with van der Waals surface area (Å²) in [4.78, 5) is 9.13. The predicted molar refractivity (Wildman–Crippen MR) is 54.7 cm³/mol. The first-order valence-electron chi connectivity index (χ1n) is 5.72. The van der Waals surface area contributed by atoms with Gasteiger partial charge >= 0.3 is 20.2 Å². The van der Waals surface area contributed by atoms with Crippen LogP contribution in [0.3, 0.4) is 0 Å². The van der Waals surface area contributed by atoms with E-state index in [-0.39, 0.29) is 25.9 Å². The van der Waals surface area contributed by atoms with E-state index in [4.69, 9.17) is 4.89 Å². The van der Waals surface area contributed by atoms with Gasteiger partial charge in [0.25, 0.3) is 0 Å². The number of halogens is 6. The molecule has 1 aliphatic heterocycles. The summed E-state index contributed by atoms with van der Waals surface area (Å²) in [6.07, 6.45) is -13.8. The van der Waals surface area contributed by atoms with E-state index in [9.17, 15) is 30.9 Å². The second-order valence-corrected chi connectivity index (χ2v) is 5.76. The maximum absolute atomic E-state index is 12.6. The Morgan fingerprint density at radius 2 is 1.60 bits per heavy atom. The fourth-order valence-corrected chi connectivity index (χ4v) is 2.88. The molecule has 0 radical (unpaired) electrons. The molecule has 20 heavy (non-hydrogen) atoms. The van der Waals surface area contributed by atoms with E-state index < -0.39 is 38.6 Å². The van der Waals surface area contributed by atoms with Crippen LogP contribution in [0.15, 0.2) is 0 Å². The third kappa shape index (κ3) is 5.23. The molecule has 0 aromatic carbocycles. The fourth-order valence-electron chi connectivity index (χ4n) is 1.89. The van der Waals surface area contributed by atoms with Gasteiger partial charge in [-0.3, -0.25) is 9.05 Å². The van der Waals surface area contributed by atoms with Crippen molar-refractivity contribution in [1.29, 1.82) is 0 Å². The average molecular weight is 330 g/mol. The highest BCUT2D eigenvalue weighted by molar-refractivity contribution is 7.47. The summed E-state index contributed by atoms with van der Waals surface area (Å²) in [6.45, 7) is -0.261. The van der Waals surface area contributed by atoms with E-state index >= 15 is 0 Å². The van der Waals surface area contributed by atoms with Crippen molar-refractivity contribution in [1.82, 2.24) is 0 Å². The van der Waals surface area contributed by atoms with Gasteiger partial charge < -0.3 is 4.89 Å². The van der Waals surface area contributed by atoms with Gasteiger partial charge in [0, 0.05) is 0 Å². The molecule has 2 unspecified atom stereocenters. The maximum Gasteiger partial charge on any atom is 0.472 e. The lowest BCUT2D eigenvalue weighted by Gasteiger charge is -2.30. The van der Waals surface area contributed by atoms with Crippen LogP contribution in [0.1, 0.15) is 25.7 Å². The van der Waals surface area contributed by atoms with Crippen LogP contribution in [0.2, 0.25) is 0 Å². The van der Waals surface area contributed by atoms with Crippen LogP contribution in [0.4, 0.5) is 26.3 Å². The summed E-state index contributed by atoms with van der Waals surface area (Å²) in [5, 5.41) is 0. The molecule has 1 fully saturated rings. The minimum absolute atomic E-state index is 0.0106. The third-order valence-electron chi connectivity index (χ3n) is 2.73. The molecule has 1 saturated heterocycles. The molecule has 2 atom stereocenters. The van der Waals surface area contributed by atoms with Crippen LogP contribution in [-0.4, -0.2) is 30.0 Å². The second-order valence-electron chi connectivity index (χ2n) is 4.36. The minimum atomic E-state index is -5.63. The van der Waals surface area contributed by atoms with Crippen molar-refractivity contribution >= 4 is 7.82 Å². The molecular formula is C9H13F6O4P. The van der Waals surface area contributed by atoms with E-state index in [1.165, 1.54) is 0 Å². The summed E-state index contributed by atoms with van der Waals surface area (Å²) in [7, 11) is -4.93. The molecule has 1 rings (SSSR count). The third-order valence-corrected chi connectivity index (χ3v) is 3.78. The van der Waals surface area contributed by atoms with Gasteiger partial charge in [-0.05, 0) is 12.8 Å². The van der Waals surface area contributed by atoms with Gasteiger partial charge in [0.2, 0.25) is 0 Å². The molecule has 4 nitrogen and oxygen atoms in total. The number of alkyl halides is 6. The Balaban J connectivity index is 3.04. The van der Waals surface area contributed by atoms with Crippen LogP contribution in [0, 0.1) is 5.92 Å². The molecule has 0 spiro atoms. The number of rotatable bonds is 1. The quantitative estimate of drug-likeness (QED) is 0.587. The molecule has 0 aliphatic carbocycles. The number of phosphoric acid groups is 1. The zero-order valence-electron chi connectivity index (χ0n) is 10.1. The highest BCUT2D eigenvalue weighted by atomic mass is 31.2. The number of phosphoric ester groups is 1. The van der Waals surface area contributed by atoms with Crippen LogP contribution in [-0.2, 0) is 13.6 Å². The van der Waals surface area contributed by atoms with Gasteiger partial charge in [0.05, 0.1) is 12.7 Å². The molecule has 1 N–H and O–H groups in total. The van der Waals surface area contributed by atoms with Crippen molar-refractivity contribution in [2.24, 2.45) is 5.92 Å². The number of hydrogen-bond acceptors (Lipinski definition) is 3. The van der Waals surface area contributed by atoms with Gasteiger partial charge in [-0.25, -0.2) is 4.57 Å². The Labute approximate surface area is 110 Å². The Morgan fingerprint density at radius 3 is 2.10 bits per heavy atom. The van der Waals surface area contributed by atoms with E-state index in [2.05, 4.69) is 9.05 Å². The predicted octanol–water partition coefficient (Wildman–Crippen LogP) is 3.80. The molecule has 0 bridgehead atoms. The summed E-state index contributed by atoms with van der Waals surface area (Å²) in [5.41, 5.74) is 0. The summed E-state index contributed by atoms with van der Waals surface area (Å²) >= 11 is 0. The van der Waals surface area contributed by atoms with Gasteiger partial charge in [0.1, 0.15) is 0 Å². The smallest absolute Gasteiger partial charge is 0.302 e. The Hall–Kier alpha value is -0.310. The monoisotopic (exact) mass is 330 g/mol. The zero-order chi connectivity index (χ0) is 15.6. The van der Waals surface area contributed by atoms with Crippen molar-refractivity contribution in [2.75, 3.05) is 6.61 Å². The maximum atomic E-state index is 12.6. The van der Waals surface area contributed by atoms with Gasteiger partial charge in [-0.15, -0.1) is 0 Å². The fraction of sp³-hybridized carbons (Fsp3) is 1.00. The highest BCUT2D eigenvalue weighted by Crippen LogP contribution is 2.52. The first kappa shape index (κ1) is 17.7. The molecule has 11 heteroatoms. The van der Waals surface area contributed by atoms with E-state index in [1.54, 1.807) is 0 Å². The molecule has 1 aliphatic rings. The molecule has 0 aromatic rings. The topological polar surface area (TPSA) is 55.8 Å². The Morgan fingerprint density at radius 1 is 1.05 bits per heavy atom. The van der Waals surface area contributed by atoms with E-state index in [0.717, 1.165) is 0 Å². The highest BCUT2D eigenvalue weighted by Gasteiger charge is 2.61. The lowest BCUT2D eigenvalue weighted by Crippen LogP contribution is -2.45. The molecule has 120 valence electrons. The normalized spacial score (nSPS) is 30.7. The van der Waals surface area contributed by atoms with Crippen molar-refractivity contribution < 1.29 is 44.8 Å². The average Bonchev–Trinajstić information content (AvgIpc) is 2.24. The van der Waals surface area contributed by atoms with Crippen LogP contribution < -0.4 is 0 Å². The number of hydrogen-bond donors (Lipinski definition) is 1. The SMILES string of the molecule is O=P1(O)OCCCCCC(C(C(F)(F)F)C(F)(F)F)O1. The molecule has 0 aromatic heterocycles. The summed E-state index contributed by atoms with van der Waals surface area (Å²) < 4.78 is 95.2. The summed E-state index contributed by atoms with van der Waals surface area (Å²) in [6, 6.07) is 0. The van der Waals surface area contributed by atoms with Crippen molar-refractivity contribution in [3.05, 3.63) is 0 Å². The Kier molecular flexibility index (Phi) is 5.51. The van der Waals surface area contributed by atoms with Crippen LogP contribution in [0.25, 0.3) is 0 Å².